The first-order valence-electron chi connectivity index (χ1n) is 8.32. The Kier molecular flexibility index (Phi) is 5.64. The molecule has 1 amide bonds. The number of aromatic nitrogens is 2. The number of carbonyl (C=O) groups excluding carboxylic acids is 1. The van der Waals surface area contributed by atoms with Crippen LogP contribution >= 0.6 is 11.6 Å². The first-order valence-corrected chi connectivity index (χ1v) is 8.70. The SMILES string of the molecule is O=C(NC1CCCCC1)c1cnc(NCc2ccccc2Cl)nc1. The van der Waals surface area contributed by atoms with Crippen LogP contribution in [0.4, 0.5) is 5.95 Å². The number of hydrogen-bond acceptors (Lipinski definition) is 4. The van der Waals surface area contributed by atoms with Gasteiger partial charge >= 0.3 is 0 Å². The molecule has 6 heteroatoms. The zero-order valence-corrected chi connectivity index (χ0v) is 14.2. The number of anilines is 1. The third-order valence-corrected chi connectivity index (χ3v) is 4.62. The van der Waals surface area contributed by atoms with E-state index in [1.54, 1.807) is 12.4 Å². The second-order valence-corrected chi connectivity index (χ2v) is 6.46. The summed E-state index contributed by atoms with van der Waals surface area (Å²) in [7, 11) is 0. The lowest BCUT2D eigenvalue weighted by atomic mass is 9.95. The number of carbonyl (C=O) groups is 1. The van der Waals surface area contributed by atoms with Crippen LogP contribution in [-0.2, 0) is 6.54 Å². The summed E-state index contributed by atoms with van der Waals surface area (Å²) in [5.41, 5.74) is 1.46. The standard InChI is InChI=1S/C18H21ClN4O/c19-16-9-5-4-6-13(16)10-20-18-21-11-14(12-22-18)17(24)23-15-7-2-1-3-8-15/h4-6,9,11-12,15H,1-3,7-8,10H2,(H,23,24)(H,20,21,22). The summed E-state index contributed by atoms with van der Waals surface area (Å²) in [5.74, 6) is 0.378. The van der Waals surface area contributed by atoms with Crippen molar-refractivity contribution in [1.29, 1.82) is 0 Å². The van der Waals surface area contributed by atoms with Crippen molar-refractivity contribution in [1.82, 2.24) is 15.3 Å². The molecule has 1 aliphatic rings. The lowest BCUT2D eigenvalue weighted by Gasteiger charge is -2.22. The van der Waals surface area contributed by atoms with Gasteiger partial charge in [-0.2, -0.15) is 0 Å². The molecule has 1 aromatic carbocycles. The van der Waals surface area contributed by atoms with Crippen molar-refractivity contribution < 1.29 is 4.79 Å². The highest BCUT2D eigenvalue weighted by Gasteiger charge is 2.17. The number of halogens is 1. The molecule has 0 atom stereocenters. The van der Waals surface area contributed by atoms with Gasteiger partial charge in [0.15, 0.2) is 0 Å². The predicted molar refractivity (Wildman–Crippen MR) is 95.1 cm³/mol. The number of nitrogens with zero attached hydrogens (tertiary/aromatic N) is 2. The summed E-state index contributed by atoms with van der Waals surface area (Å²) < 4.78 is 0. The molecule has 0 saturated heterocycles. The highest BCUT2D eigenvalue weighted by Crippen LogP contribution is 2.18. The minimum absolute atomic E-state index is 0.0976. The average Bonchev–Trinajstić information content (AvgIpc) is 2.62. The molecule has 0 bridgehead atoms. The van der Waals surface area contributed by atoms with Gasteiger partial charge in [-0.3, -0.25) is 4.79 Å². The van der Waals surface area contributed by atoms with Gasteiger partial charge in [0.25, 0.3) is 5.91 Å². The van der Waals surface area contributed by atoms with Crippen LogP contribution in [0.25, 0.3) is 0 Å². The largest absolute Gasteiger partial charge is 0.350 e. The van der Waals surface area contributed by atoms with Gasteiger partial charge in [-0.25, -0.2) is 9.97 Å². The number of hydrogen-bond donors (Lipinski definition) is 2. The van der Waals surface area contributed by atoms with Crippen LogP contribution in [0.1, 0.15) is 48.0 Å². The van der Waals surface area contributed by atoms with Gasteiger partial charge in [-0.15, -0.1) is 0 Å². The van der Waals surface area contributed by atoms with Gasteiger partial charge in [0.05, 0.1) is 5.56 Å². The monoisotopic (exact) mass is 344 g/mol. The number of nitrogens with one attached hydrogen (secondary N) is 2. The van der Waals surface area contributed by atoms with Crippen molar-refractivity contribution >= 4 is 23.5 Å². The van der Waals surface area contributed by atoms with Gasteiger partial charge in [-0.1, -0.05) is 49.1 Å². The third kappa shape index (κ3) is 4.45. The van der Waals surface area contributed by atoms with Gasteiger partial charge in [0.1, 0.15) is 0 Å². The van der Waals surface area contributed by atoms with Crippen molar-refractivity contribution in [2.24, 2.45) is 0 Å². The van der Waals surface area contributed by atoms with Crippen LogP contribution < -0.4 is 10.6 Å². The molecular weight excluding hydrogens is 324 g/mol. The molecule has 1 aliphatic carbocycles. The molecule has 0 radical (unpaired) electrons. The summed E-state index contributed by atoms with van der Waals surface area (Å²) in [5, 5.41) is 6.88. The summed E-state index contributed by atoms with van der Waals surface area (Å²) in [6.45, 7) is 0.535. The predicted octanol–water partition coefficient (Wildman–Crippen LogP) is 3.80. The molecule has 2 aromatic rings. The molecule has 126 valence electrons. The molecule has 0 unspecified atom stereocenters. The van der Waals surface area contributed by atoms with Crippen molar-refractivity contribution in [3.63, 3.8) is 0 Å². The van der Waals surface area contributed by atoms with E-state index in [1.807, 2.05) is 24.3 Å². The quantitative estimate of drug-likeness (QED) is 0.865. The summed E-state index contributed by atoms with van der Waals surface area (Å²) in [4.78, 5) is 20.6. The molecule has 1 heterocycles. The zero-order valence-electron chi connectivity index (χ0n) is 13.5. The van der Waals surface area contributed by atoms with Crippen molar-refractivity contribution in [3.05, 3.63) is 52.8 Å². The Labute approximate surface area is 146 Å². The maximum absolute atomic E-state index is 12.2. The van der Waals surface area contributed by atoms with Crippen molar-refractivity contribution in [2.75, 3.05) is 5.32 Å². The van der Waals surface area contributed by atoms with E-state index in [4.69, 9.17) is 11.6 Å². The smallest absolute Gasteiger partial charge is 0.254 e. The van der Waals surface area contributed by atoms with E-state index in [1.165, 1.54) is 19.3 Å². The molecule has 1 saturated carbocycles. The Morgan fingerprint density at radius 3 is 2.54 bits per heavy atom. The lowest BCUT2D eigenvalue weighted by molar-refractivity contribution is 0.0927. The average molecular weight is 345 g/mol. The first kappa shape index (κ1) is 16.7. The Hall–Kier alpha value is -2.14. The minimum Gasteiger partial charge on any atom is -0.350 e. The summed E-state index contributed by atoms with van der Waals surface area (Å²) >= 11 is 6.12. The van der Waals surface area contributed by atoms with Crippen molar-refractivity contribution in [2.45, 2.75) is 44.7 Å². The second kappa shape index (κ2) is 8.11. The molecule has 0 aliphatic heterocycles. The molecule has 1 aromatic heterocycles. The highest BCUT2D eigenvalue weighted by molar-refractivity contribution is 6.31. The number of amides is 1. The van der Waals surface area contributed by atoms with E-state index in [9.17, 15) is 4.79 Å². The van der Waals surface area contributed by atoms with E-state index in [0.717, 1.165) is 18.4 Å². The minimum atomic E-state index is -0.0976. The Morgan fingerprint density at radius 2 is 1.83 bits per heavy atom. The van der Waals surface area contributed by atoms with E-state index in [0.29, 0.717) is 23.1 Å². The molecule has 24 heavy (non-hydrogen) atoms. The fourth-order valence-corrected chi connectivity index (χ4v) is 3.07. The maximum atomic E-state index is 12.2. The third-order valence-electron chi connectivity index (χ3n) is 4.25. The molecule has 5 nitrogen and oxygen atoms in total. The molecule has 1 fully saturated rings. The Bertz CT molecular complexity index is 684. The van der Waals surface area contributed by atoms with Gasteiger partial charge in [0.2, 0.25) is 5.95 Å². The maximum Gasteiger partial charge on any atom is 0.254 e. The zero-order chi connectivity index (χ0) is 16.8. The Balaban J connectivity index is 1.54. The van der Waals surface area contributed by atoms with E-state index in [-0.39, 0.29) is 11.9 Å². The molecule has 3 rings (SSSR count). The highest BCUT2D eigenvalue weighted by atomic mass is 35.5. The molecular formula is C18H21ClN4O. The molecule has 2 N–H and O–H groups in total. The summed E-state index contributed by atoms with van der Waals surface area (Å²) in [6, 6.07) is 7.90. The number of benzene rings is 1. The van der Waals surface area contributed by atoms with Crippen LogP contribution in [0.5, 0.6) is 0 Å². The van der Waals surface area contributed by atoms with Crippen LogP contribution in [0.15, 0.2) is 36.7 Å². The fraction of sp³-hybridized carbons (Fsp3) is 0.389. The normalized spacial score (nSPS) is 15.0. The van der Waals surface area contributed by atoms with Crippen LogP contribution in [0, 0.1) is 0 Å². The molecule has 0 spiro atoms. The Morgan fingerprint density at radius 1 is 1.12 bits per heavy atom. The van der Waals surface area contributed by atoms with E-state index >= 15 is 0 Å². The first-order chi connectivity index (χ1) is 11.7. The van der Waals surface area contributed by atoms with Gasteiger partial charge < -0.3 is 10.6 Å². The fourth-order valence-electron chi connectivity index (χ4n) is 2.87. The van der Waals surface area contributed by atoms with E-state index in [2.05, 4.69) is 20.6 Å². The van der Waals surface area contributed by atoms with Crippen molar-refractivity contribution in [3.8, 4) is 0 Å². The lowest BCUT2D eigenvalue weighted by Crippen LogP contribution is -2.36. The number of rotatable bonds is 5. The van der Waals surface area contributed by atoms with E-state index < -0.39 is 0 Å². The second-order valence-electron chi connectivity index (χ2n) is 6.05. The van der Waals surface area contributed by atoms with Crippen LogP contribution in [-0.4, -0.2) is 21.9 Å². The topological polar surface area (TPSA) is 66.9 Å². The van der Waals surface area contributed by atoms with Gasteiger partial charge in [-0.05, 0) is 24.5 Å². The van der Waals surface area contributed by atoms with Gasteiger partial charge in [0, 0.05) is 30.0 Å². The van der Waals surface area contributed by atoms with Crippen LogP contribution in [0.2, 0.25) is 5.02 Å². The summed E-state index contributed by atoms with van der Waals surface area (Å²) in [6.07, 6.45) is 8.87. The van der Waals surface area contributed by atoms with Crippen LogP contribution in [0.3, 0.4) is 0 Å².